The molecule has 5 nitrogen and oxygen atoms in total. The van der Waals surface area contributed by atoms with Gasteiger partial charge in [0.2, 0.25) is 5.82 Å². The first kappa shape index (κ1) is 11.5. The fourth-order valence-electron chi connectivity index (χ4n) is 1.44. The van der Waals surface area contributed by atoms with Crippen molar-refractivity contribution in [3.05, 3.63) is 41.2 Å². The van der Waals surface area contributed by atoms with E-state index in [9.17, 15) is 4.39 Å². The van der Waals surface area contributed by atoms with Gasteiger partial charge in [0.1, 0.15) is 17.6 Å². The third-order valence-electron chi connectivity index (χ3n) is 2.32. The van der Waals surface area contributed by atoms with Gasteiger partial charge in [-0.2, -0.15) is 10.2 Å². The second-order valence-electron chi connectivity index (χ2n) is 3.60. The van der Waals surface area contributed by atoms with Gasteiger partial charge in [-0.15, -0.1) is 11.3 Å². The summed E-state index contributed by atoms with van der Waals surface area (Å²) in [5.41, 5.74) is 0.966. The Morgan fingerprint density at radius 1 is 1.37 bits per heavy atom. The summed E-state index contributed by atoms with van der Waals surface area (Å²) in [6, 6.07) is 6.44. The van der Waals surface area contributed by atoms with Gasteiger partial charge >= 0.3 is 0 Å². The molecule has 0 amide bonds. The Bertz CT molecular complexity index is 757. The maximum absolute atomic E-state index is 12.8. The number of thiophene rings is 1. The van der Waals surface area contributed by atoms with E-state index >= 15 is 0 Å². The monoisotopic (exact) mass is 272 g/mol. The zero-order valence-corrected chi connectivity index (χ0v) is 10.2. The molecule has 7 heteroatoms. The van der Waals surface area contributed by atoms with E-state index in [1.165, 1.54) is 23.5 Å². The van der Waals surface area contributed by atoms with E-state index in [1.54, 1.807) is 11.4 Å². The predicted octanol–water partition coefficient (Wildman–Crippen LogP) is 2.87. The molecule has 0 saturated carbocycles. The van der Waals surface area contributed by atoms with Crippen molar-refractivity contribution in [1.82, 2.24) is 15.1 Å². The first-order valence-electron chi connectivity index (χ1n) is 5.21. The molecule has 3 rings (SSSR count). The van der Waals surface area contributed by atoms with Crippen LogP contribution in [0.3, 0.4) is 0 Å². The molecule has 3 aromatic heterocycles. The average Bonchev–Trinajstić information content (AvgIpc) is 3.08. The van der Waals surface area contributed by atoms with Crippen molar-refractivity contribution < 1.29 is 8.91 Å². The number of hydrogen-bond donors (Lipinski definition) is 0. The summed E-state index contributed by atoms with van der Waals surface area (Å²) in [6.07, 6.45) is 1.09. The topological polar surface area (TPSA) is 75.6 Å². The standard InChI is InChI=1S/C12H5FN4OS/c13-8-1-2-9(15-5-8)11-16-12(18-17-11)10-3-7(4-14)6-19-10/h1-3,5-6H. The molecule has 0 bridgehead atoms. The van der Waals surface area contributed by atoms with Crippen molar-refractivity contribution in [3.63, 3.8) is 0 Å². The normalized spacial score (nSPS) is 10.3. The molecule has 0 aliphatic carbocycles. The molecule has 3 aromatic rings. The zero-order chi connectivity index (χ0) is 13.2. The molecule has 0 aliphatic heterocycles. The van der Waals surface area contributed by atoms with Crippen LogP contribution in [-0.2, 0) is 0 Å². The number of halogens is 1. The van der Waals surface area contributed by atoms with Crippen LogP contribution >= 0.6 is 11.3 Å². The van der Waals surface area contributed by atoms with Crippen LogP contribution in [0.4, 0.5) is 4.39 Å². The molecule has 0 N–H and O–H groups in total. The average molecular weight is 272 g/mol. The number of rotatable bonds is 2. The van der Waals surface area contributed by atoms with E-state index < -0.39 is 5.82 Å². The maximum atomic E-state index is 12.8. The summed E-state index contributed by atoms with van der Waals surface area (Å²) in [5.74, 6) is 0.166. The quantitative estimate of drug-likeness (QED) is 0.717. The minimum atomic E-state index is -0.426. The van der Waals surface area contributed by atoms with Crippen LogP contribution in [0.25, 0.3) is 22.3 Å². The SMILES string of the molecule is N#Cc1csc(-c2nc(-c3ccc(F)cn3)no2)c1. The van der Waals surface area contributed by atoms with Crippen LogP contribution in [-0.4, -0.2) is 15.1 Å². The smallest absolute Gasteiger partial charge is 0.268 e. The van der Waals surface area contributed by atoms with E-state index in [2.05, 4.69) is 15.1 Å². The second kappa shape index (κ2) is 4.59. The molecule has 19 heavy (non-hydrogen) atoms. The Morgan fingerprint density at radius 3 is 2.95 bits per heavy atom. The van der Waals surface area contributed by atoms with E-state index in [-0.39, 0.29) is 5.82 Å². The fourth-order valence-corrected chi connectivity index (χ4v) is 2.20. The second-order valence-corrected chi connectivity index (χ2v) is 4.51. The number of pyridine rings is 1. The van der Waals surface area contributed by atoms with Crippen molar-refractivity contribution in [2.75, 3.05) is 0 Å². The molecule has 0 radical (unpaired) electrons. The summed E-state index contributed by atoms with van der Waals surface area (Å²) in [7, 11) is 0. The third kappa shape index (κ3) is 2.21. The Kier molecular flexibility index (Phi) is 2.78. The van der Waals surface area contributed by atoms with Crippen molar-refractivity contribution in [2.24, 2.45) is 0 Å². The van der Waals surface area contributed by atoms with Gasteiger partial charge in [0.25, 0.3) is 5.89 Å². The molecule has 0 unspecified atom stereocenters. The van der Waals surface area contributed by atoms with Crippen LogP contribution in [0.5, 0.6) is 0 Å². The molecule has 0 aliphatic rings. The van der Waals surface area contributed by atoms with Gasteiger partial charge in [-0.3, -0.25) is 0 Å². The van der Waals surface area contributed by atoms with Crippen LogP contribution in [0, 0.1) is 17.1 Å². The van der Waals surface area contributed by atoms with E-state index in [0.29, 0.717) is 22.0 Å². The highest BCUT2D eigenvalue weighted by Gasteiger charge is 2.13. The van der Waals surface area contributed by atoms with Gasteiger partial charge in [0, 0.05) is 5.38 Å². The highest BCUT2D eigenvalue weighted by atomic mass is 32.1. The number of aromatic nitrogens is 3. The van der Waals surface area contributed by atoms with Gasteiger partial charge in [-0.05, 0) is 18.2 Å². The molecular weight excluding hydrogens is 267 g/mol. The lowest BCUT2D eigenvalue weighted by molar-refractivity contribution is 0.433. The Balaban J connectivity index is 1.95. The van der Waals surface area contributed by atoms with Crippen molar-refractivity contribution >= 4 is 11.3 Å². The van der Waals surface area contributed by atoms with Gasteiger partial charge in [-0.1, -0.05) is 5.16 Å². The van der Waals surface area contributed by atoms with Crippen molar-refractivity contribution in [1.29, 1.82) is 5.26 Å². The van der Waals surface area contributed by atoms with Crippen LogP contribution in [0.15, 0.2) is 34.3 Å². The molecule has 0 saturated heterocycles. The van der Waals surface area contributed by atoms with Gasteiger partial charge in [0.15, 0.2) is 0 Å². The lowest BCUT2D eigenvalue weighted by atomic mass is 10.3. The molecule has 0 spiro atoms. The molecular formula is C12H5FN4OS. The summed E-state index contributed by atoms with van der Waals surface area (Å²) in [6.45, 7) is 0. The van der Waals surface area contributed by atoms with E-state index in [4.69, 9.17) is 9.78 Å². The van der Waals surface area contributed by atoms with Gasteiger partial charge < -0.3 is 4.52 Å². The predicted molar refractivity (Wildman–Crippen MR) is 65.5 cm³/mol. The number of nitriles is 1. The fraction of sp³-hybridized carbons (Fsp3) is 0. The van der Waals surface area contributed by atoms with Gasteiger partial charge in [-0.25, -0.2) is 9.37 Å². The van der Waals surface area contributed by atoms with E-state index in [0.717, 1.165) is 6.20 Å². The first-order valence-corrected chi connectivity index (χ1v) is 6.09. The van der Waals surface area contributed by atoms with Crippen molar-refractivity contribution in [3.8, 4) is 28.4 Å². The lowest BCUT2D eigenvalue weighted by Gasteiger charge is -1.91. The molecule has 3 heterocycles. The number of nitrogens with zero attached hydrogens (tertiary/aromatic N) is 4. The lowest BCUT2D eigenvalue weighted by Crippen LogP contribution is -1.86. The van der Waals surface area contributed by atoms with Crippen LogP contribution in [0.1, 0.15) is 5.56 Å². The Hall–Kier alpha value is -2.59. The highest BCUT2D eigenvalue weighted by Crippen LogP contribution is 2.27. The summed E-state index contributed by atoms with van der Waals surface area (Å²) >= 11 is 1.34. The largest absolute Gasteiger partial charge is 0.333 e. The van der Waals surface area contributed by atoms with Gasteiger partial charge in [0.05, 0.1) is 16.6 Å². The Labute approximate surface area is 111 Å². The minimum absolute atomic E-state index is 0.280. The third-order valence-corrected chi connectivity index (χ3v) is 3.24. The molecule has 0 aromatic carbocycles. The summed E-state index contributed by atoms with van der Waals surface area (Å²) in [4.78, 5) is 8.74. The van der Waals surface area contributed by atoms with Crippen LogP contribution < -0.4 is 0 Å². The first-order chi connectivity index (χ1) is 9.26. The Morgan fingerprint density at radius 2 is 2.26 bits per heavy atom. The molecule has 0 atom stereocenters. The number of hydrogen-bond acceptors (Lipinski definition) is 6. The maximum Gasteiger partial charge on any atom is 0.268 e. The zero-order valence-electron chi connectivity index (χ0n) is 9.37. The minimum Gasteiger partial charge on any atom is -0.333 e. The van der Waals surface area contributed by atoms with Crippen molar-refractivity contribution in [2.45, 2.75) is 0 Å². The molecule has 0 fully saturated rings. The summed E-state index contributed by atoms with van der Waals surface area (Å²) in [5, 5.41) is 14.2. The van der Waals surface area contributed by atoms with E-state index in [1.807, 2.05) is 6.07 Å². The highest BCUT2D eigenvalue weighted by molar-refractivity contribution is 7.13. The van der Waals surface area contributed by atoms with Crippen LogP contribution in [0.2, 0.25) is 0 Å². The summed E-state index contributed by atoms with van der Waals surface area (Å²) < 4.78 is 17.9. The molecule has 92 valence electrons.